The second-order valence-electron chi connectivity index (χ2n) is 4.79. The Balaban J connectivity index is 2.02. The summed E-state index contributed by atoms with van der Waals surface area (Å²) in [4.78, 5) is 12.8. The van der Waals surface area contributed by atoms with Crippen molar-refractivity contribution in [3.63, 3.8) is 0 Å². The van der Waals surface area contributed by atoms with Crippen LogP contribution in [0.3, 0.4) is 0 Å². The lowest BCUT2D eigenvalue weighted by molar-refractivity contribution is -0.383. The molecule has 0 amide bonds. The van der Waals surface area contributed by atoms with Gasteiger partial charge in [0.15, 0.2) is 0 Å². The standard InChI is InChI=1S/C14H17N3O2S/c1-9(7-12-5-3-10(2)20-12)16-11-4-6-14(17(18)19)13(15)8-11/h3-6,8-9,16H,7,15H2,1-2H3. The van der Waals surface area contributed by atoms with Crippen LogP contribution < -0.4 is 11.1 Å². The van der Waals surface area contributed by atoms with Crippen LogP contribution in [0.4, 0.5) is 17.1 Å². The Hall–Kier alpha value is -2.08. The van der Waals surface area contributed by atoms with Gasteiger partial charge in [0.2, 0.25) is 0 Å². The van der Waals surface area contributed by atoms with Gasteiger partial charge in [-0.15, -0.1) is 11.3 Å². The fraction of sp³-hybridized carbons (Fsp3) is 0.286. The average molecular weight is 291 g/mol. The van der Waals surface area contributed by atoms with Crippen LogP contribution in [0, 0.1) is 17.0 Å². The van der Waals surface area contributed by atoms with Crippen LogP contribution in [0.15, 0.2) is 30.3 Å². The molecule has 20 heavy (non-hydrogen) atoms. The highest BCUT2D eigenvalue weighted by Gasteiger charge is 2.12. The number of nitrogens with one attached hydrogen (secondary N) is 1. The van der Waals surface area contributed by atoms with Gasteiger partial charge >= 0.3 is 0 Å². The van der Waals surface area contributed by atoms with E-state index in [4.69, 9.17) is 5.73 Å². The number of anilines is 2. The van der Waals surface area contributed by atoms with Crippen LogP contribution in [0.5, 0.6) is 0 Å². The molecule has 0 saturated heterocycles. The quantitative estimate of drug-likeness (QED) is 0.501. The van der Waals surface area contributed by atoms with Gasteiger partial charge in [-0.1, -0.05) is 0 Å². The highest BCUT2D eigenvalue weighted by Crippen LogP contribution is 2.25. The normalized spacial score (nSPS) is 12.1. The van der Waals surface area contributed by atoms with E-state index >= 15 is 0 Å². The first-order chi connectivity index (χ1) is 9.45. The Bertz CT molecular complexity index is 625. The Labute approximate surface area is 121 Å². The lowest BCUT2D eigenvalue weighted by Crippen LogP contribution is -2.17. The molecule has 0 saturated carbocycles. The molecule has 0 spiro atoms. The molecular formula is C14H17N3O2S. The molecule has 6 heteroatoms. The molecule has 0 fully saturated rings. The number of nitrogens with two attached hydrogens (primary N) is 1. The van der Waals surface area contributed by atoms with Crippen LogP contribution in [-0.2, 0) is 6.42 Å². The number of nitro benzene ring substituents is 1. The minimum atomic E-state index is -0.475. The van der Waals surface area contributed by atoms with E-state index in [1.54, 1.807) is 23.5 Å². The van der Waals surface area contributed by atoms with Gasteiger partial charge in [0, 0.05) is 34.0 Å². The van der Waals surface area contributed by atoms with Crippen molar-refractivity contribution in [3.05, 3.63) is 50.2 Å². The van der Waals surface area contributed by atoms with Crippen LogP contribution in [0.2, 0.25) is 0 Å². The number of benzene rings is 1. The lowest BCUT2D eigenvalue weighted by atomic mass is 10.2. The maximum atomic E-state index is 10.7. The van der Waals surface area contributed by atoms with E-state index in [0.717, 1.165) is 12.1 Å². The van der Waals surface area contributed by atoms with Crippen LogP contribution in [0.1, 0.15) is 16.7 Å². The van der Waals surface area contributed by atoms with Crippen LogP contribution >= 0.6 is 11.3 Å². The first kappa shape index (κ1) is 14.3. The van der Waals surface area contributed by atoms with Gasteiger partial charge in [-0.2, -0.15) is 0 Å². The van der Waals surface area contributed by atoms with Gasteiger partial charge in [0.1, 0.15) is 5.69 Å². The zero-order chi connectivity index (χ0) is 14.7. The SMILES string of the molecule is Cc1ccc(CC(C)Nc2ccc([N+](=O)[O-])c(N)c2)s1. The lowest BCUT2D eigenvalue weighted by Gasteiger charge is -2.14. The summed E-state index contributed by atoms with van der Waals surface area (Å²) in [6.07, 6.45) is 0.912. The molecule has 0 aliphatic carbocycles. The molecular weight excluding hydrogens is 274 g/mol. The predicted octanol–water partition coefficient (Wildman–Crippen LogP) is 3.59. The van der Waals surface area contributed by atoms with Gasteiger partial charge < -0.3 is 11.1 Å². The Kier molecular flexibility index (Phi) is 4.24. The van der Waals surface area contributed by atoms with E-state index in [1.165, 1.54) is 15.8 Å². The molecule has 1 atom stereocenters. The molecule has 0 aliphatic rings. The van der Waals surface area contributed by atoms with Crippen molar-refractivity contribution >= 4 is 28.4 Å². The summed E-state index contributed by atoms with van der Waals surface area (Å²) in [5, 5.41) is 14.0. The Morgan fingerprint density at radius 2 is 2.15 bits per heavy atom. The van der Waals surface area contributed by atoms with Crippen molar-refractivity contribution < 1.29 is 4.92 Å². The molecule has 1 heterocycles. The summed E-state index contributed by atoms with van der Waals surface area (Å²) in [6, 6.07) is 9.19. The molecule has 0 radical (unpaired) electrons. The van der Waals surface area contributed by atoms with Gasteiger partial charge in [-0.25, -0.2) is 0 Å². The minimum absolute atomic E-state index is 0.0583. The van der Waals surface area contributed by atoms with E-state index < -0.39 is 4.92 Å². The van der Waals surface area contributed by atoms with Crippen molar-refractivity contribution in [3.8, 4) is 0 Å². The topological polar surface area (TPSA) is 81.2 Å². The molecule has 5 nitrogen and oxygen atoms in total. The van der Waals surface area contributed by atoms with Gasteiger partial charge in [0.05, 0.1) is 4.92 Å². The van der Waals surface area contributed by atoms with Crippen molar-refractivity contribution in [2.75, 3.05) is 11.1 Å². The Morgan fingerprint density at radius 1 is 1.40 bits per heavy atom. The second kappa shape index (κ2) is 5.92. The number of hydrogen-bond donors (Lipinski definition) is 2. The number of nitrogens with zero attached hydrogens (tertiary/aromatic N) is 1. The first-order valence-corrected chi connectivity index (χ1v) is 7.13. The second-order valence-corrected chi connectivity index (χ2v) is 6.17. The minimum Gasteiger partial charge on any atom is -0.393 e. The number of nitro groups is 1. The monoisotopic (exact) mass is 291 g/mol. The number of aryl methyl sites for hydroxylation is 1. The third kappa shape index (κ3) is 3.48. The number of nitrogen functional groups attached to an aromatic ring is 1. The molecule has 1 unspecified atom stereocenters. The van der Waals surface area contributed by atoms with E-state index in [-0.39, 0.29) is 17.4 Å². The number of rotatable bonds is 5. The highest BCUT2D eigenvalue weighted by molar-refractivity contribution is 7.11. The fourth-order valence-corrected chi connectivity index (χ4v) is 3.06. The maximum absolute atomic E-state index is 10.7. The summed E-state index contributed by atoms with van der Waals surface area (Å²) in [7, 11) is 0. The van der Waals surface area contributed by atoms with E-state index in [1.807, 2.05) is 0 Å². The Morgan fingerprint density at radius 3 is 2.70 bits per heavy atom. The smallest absolute Gasteiger partial charge is 0.292 e. The zero-order valence-electron chi connectivity index (χ0n) is 11.4. The molecule has 2 aromatic rings. The maximum Gasteiger partial charge on any atom is 0.292 e. The molecule has 106 valence electrons. The van der Waals surface area contributed by atoms with Gasteiger partial charge in [-0.05, 0) is 38.1 Å². The molecule has 3 N–H and O–H groups in total. The van der Waals surface area contributed by atoms with Crippen molar-refractivity contribution in [2.24, 2.45) is 0 Å². The summed E-state index contributed by atoms with van der Waals surface area (Å²) in [5.41, 5.74) is 6.60. The summed E-state index contributed by atoms with van der Waals surface area (Å²) >= 11 is 1.78. The van der Waals surface area contributed by atoms with Crippen LogP contribution in [-0.4, -0.2) is 11.0 Å². The molecule has 2 rings (SSSR count). The average Bonchev–Trinajstić information content (AvgIpc) is 2.74. The van der Waals surface area contributed by atoms with Crippen molar-refractivity contribution in [1.82, 2.24) is 0 Å². The van der Waals surface area contributed by atoms with Crippen molar-refractivity contribution in [2.45, 2.75) is 26.3 Å². The molecule has 0 bridgehead atoms. The van der Waals surface area contributed by atoms with Gasteiger partial charge in [0.25, 0.3) is 5.69 Å². The third-order valence-corrected chi connectivity index (χ3v) is 3.96. The molecule has 0 aliphatic heterocycles. The predicted molar refractivity (Wildman–Crippen MR) is 83.4 cm³/mol. The third-order valence-electron chi connectivity index (χ3n) is 2.94. The zero-order valence-corrected chi connectivity index (χ0v) is 12.2. The van der Waals surface area contributed by atoms with Crippen molar-refractivity contribution in [1.29, 1.82) is 0 Å². The highest BCUT2D eigenvalue weighted by atomic mass is 32.1. The van der Waals surface area contributed by atoms with E-state index in [2.05, 4.69) is 31.3 Å². The summed E-state index contributed by atoms with van der Waals surface area (Å²) in [5.74, 6) is 0. The molecule has 1 aromatic heterocycles. The van der Waals surface area contributed by atoms with E-state index in [0.29, 0.717) is 0 Å². The summed E-state index contributed by atoms with van der Waals surface area (Å²) < 4.78 is 0. The largest absolute Gasteiger partial charge is 0.393 e. The fourth-order valence-electron chi connectivity index (χ4n) is 2.04. The van der Waals surface area contributed by atoms with Crippen LogP contribution in [0.25, 0.3) is 0 Å². The van der Waals surface area contributed by atoms with E-state index in [9.17, 15) is 10.1 Å². The summed E-state index contributed by atoms with van der Waals surface area (Å²) in [6.45, 7) is 4.16. The number of hydrogen-bond acceptors (Lipinski definition) is 5. The first-order valence-electron chi connectivity index (χ1n) is 6.31. The van der Waals surface area contributed by atoms with Gasteiger partial charge in [-0.3, -0.25) is 10.1 Å². The molecule has 1 aromatic carbocycles. The number of thiophene rings is 1.